The first-order valence-corrected chi connectivity index (χ1v) is 8.09. The van der Waals surface area contributed by atoms with Gasteiger partial charge in [0.15, 0.2) is 0 Å². The van der Waals surface area contributed by atoms with Gasteiger partial charge in [-0.3, -0.25) is 18.9 Å². The molecule has 114 valence electrons. The van der Waals surface area contributed by atoms with E-state index in [1.54, 1.807) is 43.7 Å². The zero-order chi connectivity index (χ0) is 15.9. The Kier molecular flexibility index (Phi) is 3.50. The largest absolute Gasteiger partial charge is 0.317 e. The predicted octanol–water partition coefficient (Wildman–Crippen LogP) is 2.58. The van der Waals surface area contributed by atoms with E-state index < -0.39 is 10.8 Å². The van der Waals surface area contributed by atoms with Crippen LogP contribution in [0.3, 0.4) is 0 Å². The lowest BCUT2D eigenvalue weighted by Crippen LogP contribution is -2.16. The van der Waals surface area contributed by atoms with Crippen LogP contribution in [0.2, 0.25) is 0 Å². The van der Waals surface area contributed by atoms with Crippen LogP contribution >= 0.6 is 10.8 Å². The van der Waals surface area contributed by atoms with Crippen LogP contribution in [0.25, 0.3) is 21.9 Å². The van der Waals surface area contributed by atoms with Crippen molar-refractivity contribution in [1.29, 1.82) is 0 Å². The molecule has 0 saturated carbocycles. The maximum atomic E-state index is 12.2. The van der Waals surface area contributed by atoms with Gasteiger partial charge in [-0.25, -0.2) is 5.14 Å². The summed E-state index contributed by atoms with van der Waals surface area (Å²) < 4.78 is 20.7. The Bertz CT molecular complexity index is 916. The molecule has 1 aromatic carbocycles. The zero-order valence-electron chi connectivity index (χ0n) is 11.8. The van der Waals surface area contributed by atoms with Gasteiger partial charge >= 0.3 is 0 Å². The molecule has 0 radical (unpaired) electrons. The first-order chi connectivity index (χ1) is 10.4. The van der Waals surface area contributed by atoms with Crippen LogP contribution in [0.1, 0.15) is 0 Å². The Hall–Kier alpha value is -2.19. The molecule has 7 heteroatoms. The number of pyridine rings is 2. The van der Waals surface area contributed by atoms with Crippen molar-refractivity contribution >= 4 is 21.5 Å². The average Bonchev–Trinajstić information content (AvgIpc) is 2.50. The summed E-state index contributed by atoms with van der Waals surface area (Å²) in [6, 6.07) is 8.47. The van der Waals surface area contributed by atoms with Crippen molar-refractivity contribution in [3.8, 4) is 11.1 Å². The number of rotatable bonds is 2. The van der Waals surface area contributed by atoms with E-state index in [-0.39, 0.29) is 10.5 Å². The fourth-order valence-electron chi connectivity index (χ4n) is 2.39. The molecular weight excluding hydrogens is 302 g/mol. The fraction of sp³-hybridized carbons (Fsp3) is 0.0667. The molecule has 0 aliphatic heterocycles. The van der Waals surface area contributed by atoms with E-state index in [0.29, 0.717) is 5.39 Å². The molecule has 0 saturated heterocycles. The summed E-state index contributed by atoms with van der Waals surface area (Å²) >= 11 is 0. The Labute approximate surface area is 128 Å². The third kappa shape index (κ3) is 2.51. The first-order valence-electron chi connectivity index (χ1n) is 6.48. The van der Waals surface area contributed by atoms with Crippen molar-refractivity contribution in [2.75, 3.05) is 0 Å². The molecule has 0 aliphatic rings. The van der Waals surface area contributed by atoms with E-state index in [1.165, 1.54) is 10.8 Å². The number of hydrogen-bond acceptors (Lipinski definition) is 5. The fourth-order valence-corrected chi connectivity index (χ4v) is 2.97. The minimum atomic E-state index is -3.29. The molecule has 0 unspecified atom stereocenters. The molecule has 0 bridgehead atoms. The van der Waals surface area contributed by atoms with Crippen LogP contribution in [-0.2, 0) is 7.05 Å². The molecule has 2 aromatic heterocycles. The lowest BCUT2D eigenvalue weighted by atomic mass is 10.0. The number of nitrogens with two attached hydrogens (primary N) is 1. The van der Waals surface area contributed by atoms with E-state index in [1.807, 2.05) is 6.07 Å². The topological polar surface area (TPSA) is 101 Å². The number of fused-ring (bicyclic) bond motifs is 1. The number of aryl methyl sites for hydroxylation is 1. The summed E-state index contributed by atoms with van der Waals surface area (Å²) in [5.74, 6) is 0. The second-order valence-electron chi connectivity index (χ2n) is 5.00. The van der Waals surface area contributed by atoms with Gasteiger partial charge in [-0.1, -0.05) is 12.1 Å². The maximum Gasteiger partial charge on any atom is 0.259 e. The van der Waals surface area contributed by atoms with Crippen molar-refractivity contribution in [3.63, 3.8) is 0 Å². The molecule has 6 nitrogen and oxygen atoms in total. The van der Waals surface area contributed by atoms with Crippen LogP contribution < -0.4 is 10.7 Å². The van der Waals surface area contributed by atoms with Gasteiger partial charge in [0.25, 0.3) is 5.56 Å². The van der Waals surface area contributed by atoms with E-state index in [0.717, 1.165) is 16.5 Å². The van der Waals surface area contributed by atoms with Crippen LogP contribution in [0.15, 0.2) is 58.6 Å². The molecule has 22 heavy (non-hydrogen) atoms. The van der Waals surface area contributed by atoms with Gasteiger partial charge in [0.05, 0.1) is 10.3 Å². The summed E-state index contributed by atoms with van der Waals surface area (Å²) in [6.45, 7) is 0. The molecule has 3 aromatic rings. The molecule has 0 amide bonds. The Morgan fingerprint density at radius 3 is 2.73 bits per heavy atom. The van der Waals surface area contributed by atoms with Crippen LogP contribution in [0.4, 0.5) is 0 Å². The van der Waals surface area contributed by atoms with Crippen molar-refractivity contribution in [2.45, 2.75) is 4.90 Å². The normalized spacial score (nSPS) is 12.5. The average molecular weight is 317 g/mol. The van der Waals surface area contributed by atoms with Crippen LogP contribution in [-0.4, -0.2) is 18.7 Å². The van der Waals surface area contributed by atoms with E-state index >= 15 is 0 Å². The molecule has 3 rings (SSSR count). The van der Waals surface area contributed by atoms with Gasteiger partial charge in [0.1, 0.15) is 0 Å². The van der Waals surface area contributed by atoms with E-state index in [2.05, 4.69) is 4.98 Å². The van der Waals surface area contributed by atoms with E-state index in [9.17, 15) is 13.9 Å². The first kappa shape index (κ1) is 14.7. The molecule has 0 aliphatic carbocycles. The van der Waals surface area contributed by atoms with Gasteiger partial charge in [0.2, 0.25) is 0 Å². The zero-order valence-corrected chi connectivity index (χ0v) is 12.6. The second kappa shape index (κ2) is 5.22. The quantitative estimate of drug-likeness (QED) is 0.674. The monoisotopic (exact) mass is 317 g/mol. The Morgan fingerprint density at radius 1 is 1.23 bits per heavy atom. The summed E-state index contributed by atoms with van der Waals surface area (Å²) in [6.07, 6.45) is 4.86. The summed E-state index contributed by atoms with van der Waals surface area (Å²) in [5.41, 5.74) is 1.41. The van der Waals surface area contributed by atoms with Crippen LogP contribution in [0.5, 0.6) is 0 Å². The number of aromatic nitrogens is 2. The van der Waals surface area contributed by atoms with Crippen molar-refractivity contribution in [1.82, 2.24) is 9.55 Å². The lowest BCUT2D eigenvalue weighted by molar-refractivity contribution is 0.489. The van der Waals surface area contributed by atoms with Gasteiger partial charge in [-0.15, -0.1) is 10.8 Å². The second-order valence-corrected chi connectivity index (χ2v) is 6.66. The third-order valence-electron chi connectivity index (χ3n) is 3.48. The highest BCUT2D eigenvalue weighted by atomic mass is 32.3. The smallest absolute Gasteiger partial charge is 0.259 e. The number of nitrogens with zero attached hydrogens (tertiary/aromatic N) is 2. The summed E-state index contributed by atoms with van der Waals surface area (Å²) in [4.78, 5) is 16.4. The standard InChI is InChI=1S/C15H15N3O3S/c1-18-9-14(12-5-6-17-8-13(12)15(18)19)10-3-2-4-11(7-10)22(16,20)21/h2-9,20-21H,16H2,1H3. The molecule has 4 N–H and O–H groups in total. The third-order valence-corrected chi connectivity index (χ3v) is 4.42. The summed E-state index contributed by atoms with van der Waals surface area (Å²) in [7, 11) is -1.62. The number of hydrogen-bond donors (Lipinski definition) is 3. The van der Waals surface area contributed by atoms with Gasteiger partial charge in [-0.05, 0) is 29.1 Å². The Morgan fingerprint density at radius 2 is 2.00 bits per heavy atom. The molecule has 0 spiro atoms. The van der Waals surface area contributed by atoms with Crippen molar-refractivity contribution in [3.05, 3.63) is 59.3 Å². The van der Waals surface area contributed by atoms with Crippen molar-refractivity contribution < 1.29 is 9.11 Å². The predicted molar refractivity (Wildman–Crippen MR) is 87.7 cm³/mol. The van der Waals surface area contributed by atoms with Gasteiger partial charge in [0, 0.05) is 31.2 Å². The minimum Gasteiger partial charge on any atom is -0.317 e. The number of benzene rings is 1. The highest BCUT2D eigenvalue weighted by molar-refractivity contribution is 8.22. The van der Waals surface area contributed by atoms with E-state index in [4.69, 9.17) is 5.14 Å². The van der Waals surface area contributed by atoms with Gasteiger partial charge < -0.3 is 4.57 Å². The molecule has 0 atom stereocenters. The Balaban J connectivity index is 2.32. The summed E-state index contributed by atoms with van der Waals surface area (Å²) in [5, 5.41) is 6.66. The SMILES string of the molecule is Cn1cc(-c2cccc(S(N)(O)O)c2)c2ccncc2c1=O. The highest BCUT2D eigenvalue weighted by Gasteiger charge is 2.13. The highest BCUT2D eigenvalue weighted by Crippen LogP contribution is 2.41. The maximum absolute atomic E-state index is 12.2. The molecular formula is C15H15N3O3S. The van der Waals surface area contributed by atoms with Crippen LogP contribution in [0, 0.1) is 0 Å². The minimum absolute atomic E-state index is 0.133. The van der Waals surface area contributed by atoms with Gasteiger partial charge in [-0.2, -0.15) is 0 Å². The molecule has 0 fully saturated rings. The lowest BCUT2D eigenvalue weighted by Gasteiger charge is -2.26. The van der Waals surface area contributed by atoms with Crippen molar-refractivity contribution in [2.24, 2.45) is 12.2 Å². The molecule has 2 heterocycles.